The summed E-state index contributed by atoms with van der Waals surface area (Å²) in [5.74, 6) is 1.82. The van der Waals surface area contributed by atoms with E-state index in [0.717, 1.165) is 48.1 Å². The second-order valence-corrected chi connectivity index (χ2v) is 8.01. The first-order valence-corrected chi connectivity index (χ1v) is 9.53. The van der Waals surface area contributed by atoms with Crippen LogP contribution in [0.25, 0.3) is 0 Å². The summed E-state index contributed by atoms with van der Waals surface area (Å²) in [6, 6.07) is 8.75. The maximum absolute atomic E-state index is 6.10. The standard InChI is InChI=1S/C18H24ClN3S/c19-15-2-1-3-16(12-15)21-6-8-22(9-7-21)18(23)20-17-11-13-4-5-14(17)10-13/h1-3,12-14,17H,4-11H2,(H,20,23)/t13-,14-,17-/m1/s1. The van der Waals surface area contributed by atoms with Crippen molar-refractivity contribution in [2.45, 2.75) is 31.7 Å². The number of piperazine rings is 1. The average Bonchev–Trinajstić information content (AvgIpc) is 3.18. The highest BCUT2D eigenvalue weighted by molar-refractivity contribution is 7.80. The monoisotopic (exact) mass is 349 g/mol. The van der Waals surface area contributed by atoms with Gasteiger partial charge in [0.15, 0.2) is 5.11 Å². The minimum absolute atomic E-state index is 0.632. The highest BCUT2D eigenvalue weighted by atomic mass is 35.5. The first kappa shape index (κ1) is 15.5. The molecule has 4 rings (SSSR count). The number of halogens is 1. The van der Waals surface area contributed by atoms with Crippen molar-refractivity contribution in [1.82, 2.24) is 10.2 Å². The van der Waals surface area contributed by atoms with Crippen molar-refractivity contribution in [3.05, 3.63) is 29.3 Å². The number of benzene rings is 1. The van der Waals surface area contributed by atoms with Gasteiger partial charge in [-0.25, -0.2) is 0 Å². The van der Waals surface area contributed by atoms with Crippen molar-refractivity contribution < 1.29 is 0 Å². The van der Waals surface area contributed by atoms with E-state index in [4.69, 9.17) is 23.8 Å². The lowest BCUT2D eigenvalue weighted by atomic mass is 9.95. The van der Waals surface area contributed by atoms with Crippen molar-refractivity contribution in [2.24, 2.45) is 11.8 Å². The highest BCUT2D eigenvalue weighted by Crippen LogP contribution is 2.44. The highest BCUT2D eigenvalue weighted by Gasteiger charge is 2.40. The summed E-state index contributed by atoms with van der Waals surface area (Å²) in [5.41, 5.74) is 1.21. The number of rotatable bonds is 2. The van der Waals surface area contributed by atoms with Crippen LogP contribution in [0.5, 0.6) is 0 Å². The van der Waals surface area contributed by atoms with Gasteiger partial charge >= 0.3 is 0 Å². The smallest absolute Gasteiger partial charge is 0.169 e. The molecule has 0 aromatic heterocycles. The molecule has 1 heterocycles. The molecule has 3 fully saturated rings. The maximum Gasteiger partial charge on any atom is 0.169 e. The van der Waals surface area contributed by atoms with Crippen LogP contribution in [0.4, 0.5) is 5.69 Å². The van der Waals surface area contributed by atoms with Gasteiger partial charge in [0.1, 0.15) is 0 Å². The molecule has 2 bridgehead atoms. The second-order valence-electron chi connectivity index (χ2n) is 7.18. The minimum atomic E-state index is 0.632. The van der Waals surface area contributed by atoms with E-state index >= 15 is 0 Å². The van der Waals surface area contributed by atoms with Crippen molar-refractivity contribution in [3.63, 3.8) is 0 Å². The largest absolute Gasteiger partial charge is 0.368 e. The summed E-state index contributed by atoms with van der Waals surface area (Å²) >= 11 is 11.8. The molecule has 0 spiro atoms. The number of hydrogen-bond donors (Lipinski definition) is 1. The molecule has 0 unspecified atom stereocenters. The summed E-state index contributed by atoms with van der Waals surface area (Å²) < 4.78 is 0. The molecule has 1 aromatic carbocycles. The Morgan fingerprint density at radius 3 is 2.61 bits per heavy atom. The minimum Gasteiger partial charge on any atom is -0.368 e. The van der Waals surface area contributed by atoms with Gasteiger partial charge in [0.2, 0.25) is 0 Å². The van der Waals surface area contributed by atoms with Gasteiger partial charge in [-0.3, -0.25) is 0 Å². The zero-order chi connectivity index (χ0) is 15.8. The molecular weight excluding hydrogens is 326 g/mol. The molecule has 3 nitrogen and oxygen atoms in total. The van der Waals surface area contributed by atoms with E-state index in [9.17, 15) is 0 Å². The summed E-state index contributed by atoms with van der Waals surface area (Å²) in [6.07, 6.45) is 5.58. The van der Waals surface area contributed by atoms with Crippen molar-refractivity contribution in [1.29, 1.82) is 0 Å². The summed E-state index contributed by atoms with van der Waals surface area (Å²) in [4.78, 5) is 4.73. The first-order valence-electron chi connectivity index (χ1n) is 8.75. The molecule has 3 aliphatic rings. The van der Waals surface area contributed by atoms with Crippen LogP contribution >= 0.6 is 23.8 Å². The molecule has 23 heavy (non-hydrogen) atoms. The topological polar surface area (TPSA) is 18.5 Å². The number of anilines is 1. The molecule has 124 valence electrons. The normalized spacial score (nSPS) is 29.9. The van der Waals surface area contributed by atoms with E-state index in [1.807, 2.05) is 18.2 Å². The van der Waals surface area contributed by atoms with Crippen LogP contribution in [0.2, 0.25) is 5.02 Å². The van der Waals surface area contributed by atoms with Crippen LogP contribution in [0.1, 0.15) is 25.7 Å². The van der Waals surface area contributed by atoms with E-state index in [1.54, 1.807) is 0 Å². The average molecular weight is 350 g/mol. The quantitative estimate of drug-likeness (QED) is 0.823. The van der Waals surface area contributed by atoms with E-state index in [0.29, 0.717) is 6.04 Å². The molecule has 2 saturated carbocycles. The van der Waals surface area contributed by atoms with Gasteiger partial charge in [0.25, 0.3) is 0 Å². The summed E-state index contributed by atoms with van der Waals surface area (Å²) in [7, 11) is 0. The molecule has 5 heteroatoms. The second kappa shape index (κ2) is 6.48. The number of fused-ring (bicyclic) bond motifs is 2. The Kier molecular flexibility index (Phi) is 4.37. The maximum atomic E-state index is 6.10. The lowest BCUT2D eigenvalue weighted by Gasteiger charge is -2.38. The zero-order valence-corrected chi connectivity index (χ0v) is 15.0. The van der Waals surface area contributed by atoms with Crippen LogP contribution in [0, 0.1) is 11.8 Å². The van der Waals surface area contributed by atoms with E-state index < -0.39 is 0 Å². The Morgan fingerprint density at radius 2 is 1.96 bits per heavy atom. The fourth-order valence-corrected chi connectivity index (χ4v) is 5.03. The predicted octanol–water partition coefficient (Wildman–Crippen LogP) is 3.53. The molecule has 1 saturated heterocycles. The molecule has 1 N–H and O–H groups in total. The Bertz CT molecular complexity index is 585. The van der Waals surface area contributed by atoms with Gasteiger partial charge in [-0.2, -0.15) is 0 Å². The molecule has 0 radical (unpaired) electrons. The van der Waals surface area contributed by atoms with Gasteiger partial charge in [-0.05, 0) is 61.5 Å². The van der Waals surface area contributed by atoms with Crippen molar-refractivity contribution in [2.75, 3.05) is 31.1 Å². The Hall–Kier alpha value is -1.00. The summed E-state index contributed by atoms with van der Waals surface area (Å²) in [5, 5.41) is 5.43. The molecule has 3 atom stereocenters. The van der Waals surface area contributed by atoms with Crippen LogP contribution < -0.4 is 10.2 Å². The number of nitrogens with one attached hydrogen (secondary N) is 1. The fraction of sp³-hybridized carbons (Fsp3) is 0.611. The van der Waals surface area contributed by atoms with Crippen LogP contribution in [0.15, 0.2) is 24.3 Å². The lowest BCUT2D eigenvalue weighted by Crippen LogP contribution is -2.54. The first-order chi connectivity index (χ1) is 11.2. The lowest BCUT2D eigenvalue weighted by molar-refractivity contribution is 0.345. The van der Waals surface area contributed by atoms with E-state index in [-0.39, 0.29) is 0 Å². The van der Waals surface area contributed by atoms with E-state index in [1.165, 1.54) is 31.4 Å². The van der Waals surface area contributed by atoms with Crippen LogP contribution in [-0.4, -0.2) is 42.2 Å². The Morgan fingerprint density at radius 1 is 1.13 bits per heavy atom. The zero-order valence-electron chi connectivity index (χ0n) is 13.4. The predicted molar refractivity (Wildman–Crippen MR) is 100 cm³/mol. The molecular formula is C18H24ClN3S. The number of thiocarbonyl (C=S) groups is 1. The fourth-order valence-electron chi connectivity index (χ4n) is 4.51. The molecule has 1 aromatic rings. The summed E-state index contributed by atoms with van der Waals surface area (Å²) in [6.45, 7) is 3.97. The van der Waals surface area contributed by atoms with Crippen LogP contribution in [-0.2, 0) is 0 Å². The van der Waals surface area contributed by atoms with Gasteiger partial charge in [-0.1, -0.05) is 24.1 Å². The molecule has 1 aliphatic heterocycles. The number of hydrogen-bond acceptors (Lipinski definition) is 2. The molecule has 0 amide bonds. The van der Waals surface area contributed by atoms with Crippen molar-refractivity contribution >= 4 is 34.6 Å². The van der Waals surface area contributed by atoms with Crippen molar-refractivity contribution in [3.8, 4) is 0 Å². The van der Waals surface area contributed by atoms with E-state index in [2.05, 4.69) is 21.2 Å². The Balaban J connectivity index is 1.30. The SMILES string of the molecule is S=C(N[C@@H]1C[C@@H]2CC[C@@H]1C2)N1CCN(c2cccc(Cl)c2)CC1. The third-order valence-electron chi connectivity index (χ3n) is 5.79. The Labute approximate surface area is 149 Å². The van der Waals surface area contributed by atoms with Gasteiger partial charge in [-0.15, -0.1) is 0 Å². The molecule has 2 aliphatic carbocycles. The van der Waals surface area contributed by atoms with Crippen LogP contribution in [0.3, 0.4) is 0 Å². The third-order valence-corrected chi connectivity index (χ3v) is 6.40. The number of nitrogens with zero attached hydrogens (tertiary/aromatic N) is 2. The van der Waals surface area contributed by atoms with Gasteiger partial charge < -0.3 is 15.1 Å². The van der Waals surface area contributed by atoms with Gasteiger partial charge in [0.05, 0.1) is 0 Å². The third kappa shape index (κ3) is 3.29. The van der Waals surface area contributed by atoms with Gasteiger partial charge in [0, 0.05) is 42.9 Å².